The second-order valence-corrected chi connectivity index (χ2v) is 5.11. The molecule has 0 radical (unpaired) electrons. The van der Waals surface area contributed by atoms with E-state index in [1.165, 1.54) is 6.33 Å². The highest BCUT2D eigenvalue weighted by Crippen LogP contribution is 2.34. The first-order valence-corrected chi connectivity index (χ1v) is 6.27. The number of nitrogens with one attached hydrogen (secondary N) is 1. The van der Waals surface area contributed by atoms with Crippen LogP contribution in [0.2, 0.25) is 0 Å². The first-order chi connectivity index (χ1) is 8.69. The van der Waals surface area contributed by atoms with Crippen LogP contribution >= 0.6 is 15.9 Å². The lowest BCUT2D eigenvalue weighted by Gasteiger charge is -2.22. The van der Waals surface area contributed by atoms with E-state index in [0.29, 0.717) is 25.2 Å². The molecule has 94 valence electrons. The first kappa shape index (κ1) is 11.5. The Kier molecular flexibility index (Phi) is 2.75. The molecule has 3 heterocycles. The van der Waals surface area contributed by atoms with Crippen LogP contribution in [0, 0.1) is 0 Å². The van der Waals surface area contributed by atoms with Crippen molar-refractivity contribution in [1.82, 2.24) is 25.4 Å². The monoisotopic (exact) mass is 310 g/mol. The maximum Gasteiger partial charge on any atom is 0.146 e. The van der Waals surface area contributed by atoms with E-state index in [1.807, 2.05) is 4.90 Å². The zero-order chi connectivity index (χ0) is 12.6. The fraction of sp³-hybridized carbons (Fsp3) is 0.400. The van der Waals surface area contributed by atoms with Gasteiger partial charge in [0.1, 0.15) is 23.4 Å². The van der Waals surface area contributed by atoms with Gasteiger partial charge in [-0.15, -0.1) is 0 Å². The molecular weight excluding hydrogens is 300 g/mol. The third-order valence-corrected chi connectivity index (χ3v) is 3.65. The van der Waals surface area contributed by atoms with Gasteiger partial charge in [0, 0.05) is 19.2 Å². The van der Waals surface area contributed by atoms with Gasteiger partial charge in [-0.25, -0.2) is 9.97 Å². The fourth-order valence-corrected chi connectivity index (χ4v) is 2.62. The highest BCUT2D eigenvalue weighted by Gasteiger charge is 2.40. The van der Waals surface area contributed by atoms with Gasteiger partial charge >= 0.3 is 0 Å². The number of hydrogen-bond acceptors (Lipinski definition) is 6. The number of H-pyrrole nitrogens is 1. The Balaban J connectivity index is 1.86. The van der Waals surface area contributed by atoms with Crippen molar-refractivity contribution < 1.29 is 5.11 Å². The minimum absolute atomic E-state index is 0.440. The van der Waals surface area contributed by atoms with Crippen LogP contribution in [0.25, 0.3) is 0 Å². The van der Waals surface area contributed by atoms with Gasteiger partial charge < -0.3 is 10.0 Å². The molecule has 1 atom stereocenters. The molecule has 0 aliphatic carbocycles. The molecule has 1 unspecified atom stereocenters. The normalized spacial score (nSPS) is 23.6. The van der Waals surface area contributed by atoms with Gasteiger partial charge in [-0.1, -0.05) is 0 Å². The quantitative estimate of drug-likeness (QED) is 0.837. The van der Waals surface area contributed by atoms with Crippen LogP contribution in [0.3, 0.4) is 0 Å². The summed E-state index contributed by atoms with van der Waals surface area (Å²) in [6.07, 6.45) is 5.33. The topological polar surface area (TPSA) is 90.8 Å². The van der Waals surface area contributed by atoms with Crippen LogP contribution < -0.4 is 4.90 Å². The van der Waals surface area contributed by atoms with E-state index >= 15 is 0 Å². The number of rotatable bonds is 2. The van der Waals surface area contributed by atoms with Crippen molar-refractivity contribution in [1.29, 1.82) is 0 Å². The number of nitrogens with zero attached hydrogens (tertiary/aromatic N) is 5. The largest absolute Gasteiger partial charge is 0.381 e. The molecule has 8 heteroatoms. The molecular formula is C10H11BrN6O. The van der Waals surface area contributed by atoms with Crippen molar-refractivity contribution in [3.05, 3.63) is 28.9 Å². The van der Waals surface area contributed by atoms with Crippen molar-refractivity contribution in [2.45, 2.75) is 12.0 Å². The standard InChI is InChI=1S/C10H11BrN6O/c11-7-3-12-6-13-9(7)17-2-1-10(18,5-17)8-4-14-16-15-8/h3-4,6,18H,1-2,5H2,(H,14,15,16). The predicted octanol–water partition coefficient (Wildman–Crippen LogP) is 0.455. The van der Waals surface area contributed by atoms with E-state index in [9.17, 15) is 5.11 Å². The molecule has 2 aromatic rings. The van der Waals surface area contributed by atoms with Crippen LogP contribution in [0.5, 0.6) is 0 Å². The smallest absolute Gasteiger partial charge is 0.146 e. The molecule has 0 bridgehead atoms. The molecule has 0 saturated carbocycles. The van der Waals surface area contributed by atoms with Crippen molar-refractivity contribution in [3.8, 4) is 0 Å². The lowest BCUT2D eigenvalue weighted by Crippen LogP contribution is -2.31. The third-order valence-electron chi connectivity index (χ3n) is 3.09. The molecule has 7 nitrogen and oxygen atoms in total. The number of aliphatic hydroxyl groups is 1. The van der Waals surface area contributed by atoms with Crippen molar-refractivity contribution in [3.63, 3.8) is 0 Å². The van der Waals surface area contributed by atoms with Crippen LogP contribution in [0.15, 0.2) is 23.2 Å². The number of aromatic nitrogens is 5. The average molecular weight is 311 g/mol. The van der Waals surface area contributed by atoms with Crippen molar-refractivity contribution in [2.75, 3.05) is 18.0 Å². The van der Waals surface area contributed by atoms with Gasteiger partial charge in [0.15, 0.2) is 0 Å². The summed E-state index contributed by atoms with van der Waals surface area (Å²) < 4.78 is 0.814. The van der Waals surface area contributed by atoms with Gasteiger partial charge in [-0.05, 0) is 15.9 Å². The molecule has 2 aromatic heterocycles. The van der Waals surface area contributed by atoms with Crippen LogP contribution in [0.4, 0.5) is 5.82 Å². The number of aromatic amines is 1. The summed E-state index contributed by atoms with van der Waals surface area (Å²) in [5, 5.41) is 20.8. The van der Waals surface area contributed by atoms with Gasteiger partial charge in [-0.3, -0.25) is 0 Å². The highest BCUT2D eigenvalue weighted by atomic mass is 79.9. The number of hydrogen-bond donors (Lipinski definition) is 2. The molecule has 18 heavy (non-hydrogen) atoms. The number of β-amino-alcohol motifs (C(OH)–C–C–N with tert-alkyl or cyclic N) is 1. The van der Waals surface area contributed by atoms with Crippen LogP contribution in [-0.4, -0.2) is 43.6 Å². The Morgan fingerprint density at radius 1 is 1.44 bits per heavy atom. The lowest BCUT2D eigenvalue weighted by molar-refractivity contribution is 0.0559. The maximum absolute atomic E-state index is 10.6. The summed E-state index contributed by atoms with van der Waals surface area (Å²) >= 11 is 3.41. The molecule has 2 N–H and O–H groups in total. The van der Waals surface area contributed by atoms with E-state index < -0.39 is 5.60 Å². The minimum Gasteiger partial charge on any atom is -0.381 e. The fourth-order valence-electron chi connectivity index (χ4n) is 2.15. The first-order valence-electron chi connectivity index (χ1n) is 5.48. The van der Waals surface area contributed by atoms with Crippen molar-refractivity contribution >= 4 is 21.7 Å². The van der Waals surface area contributed by atoms with Crippen LogP contribution in [-0.2, 0) is 5.60 Å². The molecule has 3 rings (SSSR count). The van der Waals surface area contributed by atoms with Gasteiger partial charge in [0.2, 0.25) is 0 Å². The Hall–Kier alpha value is -1.54. The predicted molar refractivity (Wildman–Crippen MR) is 66.8 cm³/mol. The second kappa shape index (κ2) is 4.29. The summed E-state index contributed by atoms with van der Waals surface area (Å²) in [7, 11) is 0. The van der Waals surface area contributed by atoms with E-state index in [0.717, 1.165) is 10.3 Å². The summed E-state index contributed by atoms with van der Waals surface area (Å²) in [6.45, 7) is 1.15. The summed E-state index contributed by atoms with van der Waals surface area (Å²) in [5.74, 6) is 0.782. The molecule has 1 fully saturated rings. The Morgan fingerprint density at radius 2 is 2.33 bits per heavy atom. The van der Waals surface area contributed by atoms with Gasteiger partial charge in [-0.2, -0.15) is 15.4 Å². The van der Waals surface area contributed by atoms with Gasteiger partial charge in [0.05, 0.1) is 17.2 Å². The van der Waals surface area contributed by atoms with Crippen LogP contribution in [0.1, 0.15) is 12.1 Å². The summed E-state index contributed by atoms with van der Waals surface area (Å²) in [4.78, 5) is 10.1. The molecule has 1 aliphatic heterocycles. The molecule has 1 aliphatic rings. The zero-order valence-corrected chi connectivity index (χ0v) is 11.0. The Bertz CT molecular complexity index is 547. The molecule has 0 aromatic carbocycles. The van der Waals surface area contributed by atoms with E-state index in [4.69, 9.17) is 0 Å². The zero-order valence-electron chi connectivity index (χ0n) is 9.41. The van der Waals surface area contributed by atoms with E-state index in [1.54, 1.807) is 12.4 Å². The summed E-state index contributed by atoms with van der Waals surface area (Å²) in [6, 6.07) is 0. The number of anilines is 1. The van der Waals surface area contributed by atoms with E-state index in [-0.39, 0.29) is 0 Å². The number of halogens is 1. The molecule has 0 amide bonds. The molecule has 0 spiro atoms. The second-order valence-electron chi connectivity index (χ2n) is 4.25. The van der Waals surface area contributed by atoms with Crippen molar-refractivity contribution in [2.24, 2.45) is 0 Å². The Labute approximate surface area is 111 Å². The SMILES string of the molecule is OC1(c2cn[nH]n2)CCN(c2ncncc2Br)C1. The minimum atomic E-state index is -0.975. The Morgan fingerprint density at radius 3 is 3.06 bits per heavy atom. The maximum atomic E-state index is 10.6. The summed E-state index contributed by atoms with van der Waals surface area (Å²) in [5.41, 5.74) is -0.410. The average Bonchev–Trinajstić information content (AvgIpc) is 2.99. The molecule has 1 saturated heterocycles. The van der Waals surface area contributed by atoms with E-state index in [2.05, 4.69) is 41.3 Å². The van der Waals surface area contributed by atoms with Gasteiger partial charge in [0.25, 0.3) is 0 Å². The highest BCUT2D eigenvalue weighted by molar-refractivity contribution is 9.10. The third kappa shape index (κ3) is 1.87. The lowest BCUT2D eigenvalue weighted by atomic mass is 10.0.